The number of nitriles is 1. The minimum atomic E-state index is -3.63. The van der Waals surface area contributed by atoms with Crippen LogP contribution in [0.1, 0.15) is 38.3 Å². The average Bonchev–Trinajstić information content (AvgIpc) is 2.63. The molecule has 1 aliphatic rings. The summed E-state index contributed by atoms with van der Waals surface area (Å²) < 4.78 is 26.8. The van der Waals surface area contributed by atoms with Crippen LogP contribution in [-0.4, -0.2) is 30.3 Å². The molecule has 1 unspecified atom stereocenters. The molecule has 1 atom stereocenters. The van der Waals surface area contributed by atoms with Gasteiger partial charge in [-0.2, -0.15) is 9.57 Å². The molecule has 1 saturated heterocycles. The van der Waals surface area contributed by atoms with Crippen LogP contribution in [0.4, 0.5) is 0 Å². The summed E-state index contributed by atoms with van der Waals surface area (Å²) in [6.45, 7) is 2.44. The average molecular weight is 279 g/mol. The number of aromatic nitrogens is 1. The predicted octanol–water partition coefficient (Wildman–Crippen LogP) is 1.91. The summed E-state index contributed by atoms with van der Waals surface area (Å²) >= 11 is 0. The lowest BCUT2D eigenvalue weighted by molar-refractivity contribution is 0.342. The molecular weight excluding hydrogens is 262 g/mol. The maximum Gasteiger partial charge on any atom is 0.246 e. The van der Waals surface area contributed by atoms with Crippen molar-refractivity contribution < 1.29 is 8.42 Å². The Morgan fingerprint density at radius 2 is 2.21 bits per heavy atom. The van der Waals surface area contributed by atoms with E-state index in [9.17, 15) is 8.42 Å². The van der Waals surface area contributed by atoms with Crippen LogP contribution in [0.2, 0.25) is 0 Å². The quantitative estimate of drug-likeness (QED) is 0.828. The summed E-state index contributed by atoms with van der Waals surface area (Å²) in [6, 6.07) is 4.83. The zero-order valence-electron chi connectivity index (χ0n) is 10.9. The molecule has 1 aliphatic heterocycles. The van der Waals surface area contributed by atoms with Crippen LogP contribution in [0.5, 0.6) is 0 Å². The first-order chi connectivity index (χ1) is 9.07. The summed E-state index contributed by atoms with van der Waals surface area (Å²) in [5.41, 5.74) is -0.0288. The van der Waals surface area contributed by atoms with Crippen molar-refractivity contribution in [1.82, 2.24) is 9.29 Å². The van der Waals surface area contributed by atoms with Gasteiger partial charge in [0.25, 0.3) is 0 Å². The number of rotatable bonds is 2. The Balaban J connectivity index is 2.44. The van der Waals surface area contributed by atoms with Gasteiger partial charge in [0.1, 0.15) is 11.0 Å². The van der Waals surface area contributed by atoms with E-state index in [1.165, 1.54) is 16.6 Å². The van der Waals surface area contributed by atoms with Crippen LogP contribution in [0.25, 0.3) is 0 Å². The molecule has 102 valence electrons. The molecule has 1 aromatic heterocycles. The van der Waals surface area contributed by atoms with Crippen molar-refractivity contribution in [3.8, 4) is 6.07 Å². The summed E-state index contributed by atoms with van der Waals surface area (Å²) in [7, 11) is -3.63. The Hall–Kier alpha value is -1.45. The highest BCUT2D eigenvalue weighted by Crippen LogP contribution is 2.25. The number of hydrogen-bond acceptors (Lipinski definition) is 4. The van der Waals surface area contributed by atoms with E-state index in [1.54, 1.807) is 6.07 Å². The number of sulfonamides is 1. The molecule has 1 fully saturated rings. The number of pyridine rings is 1. The van der Waals surface area contributed by atoms with Gasteiger partial charge in [-0.05, 0) is 31.9 Å². The highest BCUT2D eigenvalue weighted by molar-refractivity contribution is 7.89. The predicted molar refractivity (Wildman–Crippen MR) is 70.8 cm³/mol. The van der Waals surface area contributed by atoms with Gasteiger partial charge in [-0.3, -0.25) is 0 Å². The van der Waals surface area contributed by atoms with Crippen LogP contribution >= 0.6 is 0 Å². The van der Waals surface area contributed by atoms with Gasteiger partial charge in [0.15, 0.2) is 5.69 Å². The molecule has 19 heavy (non-hydrogen) atoms. The van der Waals surface area contributed by atoms with Crippen molar-refractivity contribution in [3.63, 3.8) is 0 Å². The lowest BCUT2D eigenvalue weighted by Crippen LogP contribution is -2.38. The second-order valence-electron chi connectivity index (χ2n) is 4.78. The van der Waals surface area contributed by atoms with Crippen LogP contribution in [-0.2, 0) is 10.0 Å². The SMILES string of the molecule is CC1CCCCCN1S(=O)(=O)c1cccnc1C#N. The molecule has 0 saturated carbocycles. The molecule has 0 aliphatic carbocycles. The highest BCUT2D eigenvalue weighted by Gasteiger charge is 2.31. The molecule has 2 heterocycles. The molecule has 5 nitrogen and oxygen atoms in total. The van der Waals surface area contributed by atoms with Crippen molar-refractivity contribution in [3.05, 3.63) is 24.0 Å². The Kier molecular flexibility index (Phi) is 4.17. The van der Waals surface area contributed by atoms with Crippen LogP contribution in [0.3, 0.4) is 0 Å². The fourth-order valence-corrected chi connectivity index (χ4v) is 4.21. The molecule has 0 bridgehead atoms. The Morgan fingerprint density at radius 3 is 2.95 bits per heavy atom. The zero-order chi connectivity index (χ0) is 13.9. The van der Waals surface area contributed by atoms with Gasteiger partial charge in [-0.1, -0.05) is 12.8 Å². The van der Waals surface area contributed by atoms with Gasteiger partial charge in [0, 0.05) is 18.8 Å². The summed E-state index contributed by atoms with van der Waals surface area (Å²) in [6.07, 6.45) is 5.26. The van der Waals surface area contributed by atoms with Crippen molar-refractivity contribution in [2.75, 3.05) is 6.54 Å². The fraction of sp³-hybridized carbons (Fsp3) is 0.538. The first kappa shape index (κ1) is 14.0. The van der Waals surface area contributed by atoms with E-state index in [0.717, 1.165) is 25.7 Å². The van der Waals surface area contributed by atoms with Gasteiger partial charge in [0.05, 0.1) is 0 Å². The molecule has 0 radical (unpaired) electrons. The minimum Gasteiger partial charge on any atom is -0.244 e. The van der Waals surface area contributed by atoms with E-state index in [2.05, 4.69) is 4.98 Å². The minimum absolute atomic E-state index is 0.0197. The smallest absolute Gasteiger partial charge is 0.244 e. The zero-order valence-corrected chi connectivity index (χ0v) is 11.7. The number of nitrogens with zero attached hydrogens (tertiary/aromatic N) is 3. The lowest BCUT2D eigenvalue weighted by Gasteiger charge is -2.26. The third-order valence-electron chi connectivity index (χ3n) is 3.46. The van der Waals surface area contributed by atoms with Crippen molar-refractivity contribution >= 4 is 10.0 Å². The maximum absolute atomic E-state index is 12.7. The molecular formula is C13H17N3O2S. The van der Waals surface area contributed by atoms with E-state index in [4.69, 9.17) is 5.26 Å². The Morgan fingerprint density at radius 1 is 1.42 bits per heavy atom. The molecule has 0 amide bonds. The Bertz CT molecular complexity index is 592. The van der Waals surface area contributed by atoms with Crippen molar-refractivity contribution in [1.29, 1.82) is 5.26 Å². The van der Waals surface area contributed by atoms with Gasteiger partial charge in [0.2, 0.25) is 10.0 Å². The van der Waals surface area contributed by atoms with Gasteiger partial charge in [-0.25, -0.2) is 13.4 Å². The van der Waals surface area contributed by atoms with E-state index >= 15 is 0 Å². The first-order valence-electron chi connectivity index (χ1n) is 6.44. The van der Waals surface area contributed by atoms with E-state index < -0.39 is 10.0 Å². The Labute approximate surface area is 113 Å². The lowest BCUT2D eigenvalue weighted by atomic mass is 10.1. The molecule has 0 N–H and O–H groups in total. The van der Waals surface area contributed by atoms with E-state index in [0.29, 0.717) is 6.54 Å². The van der Waals surface area contributed by atoms with Crippen molar-refractivity contribution in [2.24, 2.45) is 0 Å². The first-order valence-corrected chi connectivity index (χ1v) is 7.88. The molecule has 2 rings (SSSR count). The topological polar surface area (TPSA) is 74.1 Å². The second-order valence-corrected chi connectivity index (χ2v) is 6.64. The summed E-state index contributed by atoms with van der Waals surface area (Å²) in [5, 5.41) is 9.01. The molecule has 1 aromatic rings. The molecule has 6 heteroatoms. The van der Waals surface area contributed by atoms with Gasteiger partial charge >= 0.3 is 0 Å². The highest BCUT2D eigenvalue weighted by atomic mass is 32.2. The second kappa shape index (κ2) is 5.68. The van der Waals surface area contributed by atoms with Crippen LogP contribution < -0.4 is 0 Å². The van der Waals surface area contributed by atoms with Crippen molar-refractivity contribution in [2.45, 2.75) is 43.5 Å². The third kappa shape index (κ3) is 2.77. The van der Waals surface area contributed by atoms with Gasteiger partial charge < -0.3 is 0 Å². The molecule has 0 spiro atoms. The summed E-state index contributed by atoms with van der Waals surface area (Å²) in [4.78, 5) is 3.86. The van der Waals surface area contributed by atoms with Crippen LogP contribution in [0, 0.1) is 11.3 Å². The standard InChI is InChI=1S/C13H17N3O2S/c1-11-6-3-2-4-9-16(11)19(17,18)13-7-5-8-15-12(13)10-14/h5,7-8,11H,2-4,6,9H2,1H3. The number of hydrogen-bond donors (Lipinski definition) is 0. The monoisotopic (exact) mass is 279 g/mol. The van der Waals surface area contributed by atoms with Gasteiger partial charge in [-0.15, -0.1) is 0 Å². The van der Waals surface area contributed by atoms with E-state index in [-0.39, 0.29) is 16.6 Å². The normalized spacial score (nSPS) is 21.6. The maximum atomic E-state index is 12.7. The summed E-state index contributed by atoms with van der Waals surface area (Å²) in [5.74, 6) is 0. The van der Waals surface area contributed by atoms with E-state index in [1.807, 2.05) is 13.0 Å². The molecule has 0 aromatic carbocycles. The largest absolute Gasteiger partial charge is 0.246 e. The third-order valence-corrected chi connectivity index (χ3v) is 5.50. The van der Waals surface area contributed by atoms with Crippen LogP contribution in [0.15, 0.2) is 23.2 Å². The fourth-order valence-electron chi connectivity index (χ4n) is 2.41.